The number of benzene rings is 4. The molecule has 0 saturated carbocycles. The van der Waals surface area contributed by atoms with Crippen molar-refractivity contribution < 1.29 is 12.0 Å². The first kappa shape index (κ1) is 29.5. The van der Waals surface area contributed by atoms with Gasteiger partial charge in [-0.15, -0.1) is 8.42 Å². The molecule has 0 amide bonds. The van der Waals surface area contributed by atoms with E-state index in [1.807, 2.05) is 124 Å². The van der Waals surface area contributed by atoms with Crippen LogP contribution in [0.5, 0.6) is 0 Å². The summed E-state index contributed by atoms with van der Waals surface area (Å²) in [5.41, 5.74) is 4.00. The van der Waals surface area contributed by atoms with Crippen LogP contribution in [0.4, 0.5) is 17.1 Å². The molecule has 0 fully saturated rings. The van der Waals surface area contributed by atoms with Crippen LogP contribution in [0.3, 0.4) is 0 Å². The van der Waals surface area contributed by atoms with Gasteiger partial charge in [0.05, 0.1) is 25.0 Å². The molecule has 0 aromatic heterocycles. The minimum atomic E-state index is -4.07. The molecule has 40 heavy (non-hydrogen) atoms. The van der Waals surface area contributed by atoms with Crippen molar-refractivity contribution >= 4 is 37.5 Å². The minimum absolute atomic E-state index is 0.192. The van der Waals surface area contributed by atoms with Crippen LogP contribution in [-0.2, 0) is 16.5 Å². The average molecular weight is 579 g/mol. The van der Waals surface area contributed by atoms with E-state index in [2.05, 4.69) is 25.1 Å². The molecule has 4 rings (SSSR count). The highest BCUT2D eigenvalue weighted by Gasteiger charge is 2.44. The quantitative estimate of drug-likeness (QED) is 0.148. The van der Waals surface area contributed by atoms with Crippen molar-refractivity contribution in [1.29, 1.82) is 0 Å². The summed E-state index contributed by atoms with van der Waals surface area (Å²) in [4.78, 5) is 8.81. The number of nitrogens with zero attached hydrogens (tertiary/aromatic N) is 3. The fraction of sp³-hybridized carbons (Fsp3) is 0.250. The molecule has 0 unspecified atom stereocenters. The van der Waals surface area contributed by atoms with Crippen LogP contribution in [-0.4, -0.2) is 54.3 Å². The van der Waals surface area contributed by atoms with Crippen molar-refractivity contribution in [1.82, 2.24) is 0 Å². The van der Waals surface area contributed by atoms with Crippen molar-refractivity contribution in [3.8, 4) is 0 Å². The van der Waals surface area contributed by atoms with E-state index >= 15 is 0 Å². The number of anilines is 3. The van der Waals surface area contributed by atoms with Crippen molar-refractivity contribution in [2.75, 3.05) is 57.0 Å². The zero-order valence-corrected chi connectivity index (χ0v) is 26.0. The van der Waals surface area contributed by atoms with Crippen LogP contribution in [0, 0.1) is 0 Å². The Morgan fingerprint density at radius 1 is 0.550 bits per heavy atom. The summed E-state index contributed by atoms with van der Waals surface area (Å²) in [6, 6.07) is 31.3. The van der Waals surface area contributed by atoms with Crippen molar-refractivity contribution in [2.45, 2.75) is 32.9 Å². The third kappa shape index (κ3) is 5.99. The topological polar surface area (TPSA) is 56.7 Å². The minimum Gasteiger partial charge on any atom is -0.378 e. The van der Waals surface area contributed by atoms with Crippen molar-refractivity contribution in [3.05, 3.63) is 103 Å². The lowest BCUT2D eigenvalue weighted by atomic mass is 10.2. The van der Waals surface area contributed by atoms with Crippen molar-refractivity contribution in [3.63, 3.8) is 0 Å². The van der Waals surface area contributed by atoms with Gasteiger partial charge in [0.25, 0.3) is 0 Å². The maximum atomic E-state index is 14.2. The molecule has 0 atom stereocenters. The molecule has 212 valence electrons. The maximum absolute atomic E-state index is 14.2. The zero-order chi connectivity index (χ0) is 29.1. The molecule has 1 N–H and O–H groups in total. The van der Waals surface area contributed by atoms with Gasteiger partial charge in [-0.25, -0.2) is 0 Å². The first-order valence-corrected chi connectivity index (χ1v) is 16.2. The Kier molecular flexibility index (Phi) is 8.83. The number of aryl methyl sites for hydroxylation is 1. The third-order valence-electron chi connectivity index (χ3n) is 6.86. The predicted molar refractivity (Wildman–Crippen MR) is 170 cm³/mol. The first-order valence-electron chi connectivity index (χ1n) is 13.2. The molecule has 4 aromatic carbocycles. The average Bonchev–Trinajstić information content (AvgIpc) is 2.96. The highest BCUT2D eigenvalue weighted by Crippen LogP contribution is 2.69. The Bertz CT molecular complexity index is 1440. The van der Waals surface area contributed by atoms with Gasteiger partial charge in [0.1, 0.15) is 4.90 Å². The van der Waals surface area contributed by atoms with Gasteiger partial charge in [0.15, 0.2) is 0 Å². The van der Waals surface area contributed by atoms with E-state index in [0.717, 1.165) is 43.7 Å². The Hall–Kier alpha value is -3.46. The summed E-state index contributed by atoms with van der Waals surface area (Å²) in [6.07, 6.45) is 0.832. The summed E-state index contributed by atoms with van der Waals surface area (Å²) < 4.78 is 33.5. The highest BCUT2D eigenvalue weighted by molar-refractivity contribution is 8.32. The Balaban J connectivity index is 2.10. The van der Waals surface area contributed by atoms with Crippen LogP contribution in [0.15, 0.2) is 117 Å². The fourth-order valence-electron chi connectivity index (χ4n) is 4.46. The Morgan fingerprint density at radius 3 is 1.25 bits per heavy atom. The Labute approximate surface area is 241 Å². The maximum Gasteiger partial charge on any atom is 0.422 e. The summed E-state index contributed by atoms with van der Waals surface area (Å²) in [5.74, 6) is 0. The van der Waals surface area contributed by atoms with Crippen LogP contribution in [0.2, 0.25) is 0 Å². The molecule has 0 aliphatic heterocycles. The van der Waals surface area contributed by atoms with Crippen LogP contribution >= 0.6 is 10.3 Å². The SMILES string of the molecule is CCc1ccc(S(=O)(=O)[OH+]S(c2cccc(N(C)C)c2)(c2cccc(N(C)C)c2)c2cccc(N(C)C)c2)cc1. The molecular weight excluding hydrogens is 539 g/mol. The lowest BCUT2D eigenvalue weighted by molar-refractivity contribution is 0.387. The van der Waals surface area contributed by atoms with Gasteiger partial charge in [-0.3, -0.25) is 3.63 Å². The number of hydrogen-bond acceptors (Lipinski definition) is 5. The highest BCUT2D eigenvalue weighted by atomic mass is 32.3. The van der Waals surface area contributed by atoms with Gasteiger partial charge in [0.2, 0.25) is 0 Å². The van der Waals surface area contributed by atoms with Crippen LogP contribution in [0.1, 0.15) is 12.5 Å². The standard InChI is InChI=1S/C32H39N3O3S2/c1-8-25-18-20-29(21-19-25)40(36,37)38-39(30-15-9-12-26(22-30)33(2)3,31-16-10-13-27(23-31)34(4)5)32-17-11-14-28(24-32)35(6)7/h9-24H,8H2,1-7H3/p+1. The van der Waals surface area contributed by atoms with E-state index in [9.17, 15) is 8.42 Å². The molecule has 0 aliphatic rings. The summed E-state index contributed by atoms with van der Waals surface area (Å²) in [7, 11) is 5.18. The van der Waals surface area contributed by atoms with Gasteiger partial charge >= 0.3 is 10.1 Å². The van der Waals surface area contributed by atoms with Gasteiger partial charge in [-0.1, -0.05) is 37.3 Å². The summed E-state index contributed by atoms with van der Waals surface area (Å²) >= 11 is 0. The van der Waals surface area contributed by atoms with Gasteiger partial charge in [0, 0.05) is 59.3 Å². The lowest BCUT2D eigenvalue weighted by Crippen LogP contribution is -2.20. The van der Waals surface area contributed by atoms with E-state index < -0.39 is 20.4 Å². The molecule has 8 heteroatoms. The third-order valence-corrected chi connectivity index (χ3v) is 12.2. The summed E-state index contributed by atoms with van der Waals surface area (Å²) in [5, 5.41) is 0. The molecular formula is C32H40N3O3S2+. The molecule has 0 spiro atoms. The largest absolute Gasteiger partial charge is 0.422 e. The second-order valence-corrected chi connectivity index (χ2v) is 14.9. The summed E-state index contributed by atoms with van der Waals surface area (Å²) in [6.45, 7) is 2.05. The van der Waals surface area contributed by atoms with E-state index in [1.54, 1.807) is 12.1 Å². The van der Waals surface area contributed by atoms with E-state index in [-0.39, 0.29) is 4.90 Å². The lowest BCUT2D eigenvalue weighted by Gasteiger charge is -2.36. The predicted octanol–water partition coefficient (Wildman–Crippen LogP) is 7.13. The van der Waals surface area contributed by atoms with E-state index in [4.69, 9.17) is 3.63 Å². The second-order valence-electron chi connectivity index (χ2n) is 10.3. The molecule has 0 radical (unpaired) electrons. The fourth-order valence-corrected chi connectivity index (χ4v) is 10.0. The van der Waals surface area contributed by atoms with Crippen LogP contribution < -0.4 is 14.7 Å². The monoisotopic (exact) mass is 578 g/mol. The smallest absolute Gasteiger partial charge is 0.378 e. The molecule has 0 bridgehead atoms. The molecule has 0 saturated heterocycles. The molecule has 4 aromatic rings. The van der Waals surface area contributed by atoms with Gasteiger partial charge in [-0.05, 0) is 78.7 Å². The van der Waals surface area contributed by atoms with Gasteiger partial charge < -0.3 is 14.7 Å². The molecule has 0 heterocycles. The molecule has 0 aliphatic carbocycles. The van der Waals surface area contributed by atoms with Gasteiger partial charge in [-0.2, -0.15) is 0 Å². The van der Waals surface area contributed by atoms with E-state index in [1.165, 1.54) is 0 Å². The van der Waals surface area contributed by atoms with Crippen molar-refractivity contribution in [2.24, 2.45) is 0 Å². The Morgan fingerprint density at radius 2 is 0.925 bits per heavy atom. The number of hydrogen-bond donors (Lipinski definition) is 0. The second kappa shape index (κ2) is 12.0. The van der Waals surface area contributed by atoms with Crippen LogP contribution in [0.25, 0.3) is 0 Å². The first-order chi connectivity index (χ1) is 19.0. The van der Waals surface area contributed by atoms with E-state index in [0.29, 0.717) is 0 Å². The zero-order valence-electron chi connectivity index (χ0n) is 24.4. The molecule has 6 nitrogen and oxygen atoms in total. The number of rotatable bonds is 10. The normalized spacial score (nSPS) is 12.2.